The van der Waals surface area contributed by atoms with Crippen LogP contribution in [0, 0.1) is 0 Å². The number of carbonyl (C=O) groups is 1. The summed E-state index contributed by atoms with van der Waals surface area (Å²) in [5.74, 6) is 1.42. The first-order chi connectivity index (χ1) is 18.9. The molecule has 206 valence electrons. The summed E-state index contributed by atoms with van der Waals surface area (Å²) >= 11 is 1.29. The number of nitrogens with zero attached hydrogens (tertiary/aromatic N) is 2. The van der Waals surface area contributed by atoms with E-state index in [0.29, 0.717) is 57.5 Å². The lowest BCUT2D eigenvalue weighted by Gasteiger charge is -2.26. The number of esters is 1. The number of thiazole rings is 1. The average molecular weight is 551 g/mol. The lowest BCUT2D eigenvalue weighted by molar-refractivity contribution is -0.139. The number of hydrogen-bond acceptors (Lipinski definition) is 8. The highest BCUT2D eigenvalue weighted by atomic mass is 32.1. The Labute approximate surface area is 231 Å². The van der Waals surface area contributed by atoms with E-state index in [1.807, 2.05) is 69.3 Å². The largest absolute Gasteiger partial charge is 0.497 e. The van der Waals surface area contributed by atoms with Crippen LogP contribution in [-0.2, 0) is 9.53 Å². The molecule has 0 N–H and O–H groups in total. The highest BCUT2D eigenvalue weighted by Gasteiger charge is 2.34. The first-order valence-corrected chi connectivity index (χ1v) is 14.0. The van der Waals surface area contributed by atoms with Gasteiger partial charge in [0.05, 0.1) is 48.8 Å². The SMILES string of the molecule is CCCC1=C(C(=O)OCC)[C@@H](c2cccc(OC)c2)n2c(s/c(=C\c3ccc(OCC)c(OCC)c3)c2=O)=N1. The zero-order chi connectivity index (χ0) is 27.9. The van der Waals surface area contributed by atoms with Crippen molar-refractivity contribution < 1.29 is 23.7 Å². The van der Waals surface area contributed by atoms with E-state index in [-0.39, 0.29) is 12.2 Å². The first-order valence-electron chi connectivity index (χ1n) is 13.2. The molecule has 9 heteroatoms. The molecule has 0 radical (unpaired) electrons. The zero-order valence-electron chi connectivity index (χ0n) is 23.0. The summed E-state index contributed by atoms with van der Waals surface area (Å²) < 4.78 is 24.4. The number of methoxy groups -OCH3 is 1. The number of ether oxygens (including phenoxy) is 4. The Kier molecular flexibility index (Phi) is 9.24. The van der Waals surface area contributed by atoms with E-state index < -0.39 is 12.0 Å². The third kappa shape index (κ3) is 5.93. The summed E-state index contributed by atoms with van der Waals surface area (Å²) in [6.45, 7) is 8.85. The summed E-state index contributed by atoms with van der Waals surface area (Å²) in [4.78, 5) is 32.6. The minimum absolute atomic E-state index is 0.219. The summed E-state index contributed by atoms with van der Waals surface area (Å²) in [7, 11) is 1.59. The Morgan fingerprint density at radius 3 is 2.49 bits per heavy atom. The van der Waals surface area contributed by atoms with Gasteiger partial charge in [0, 0.05) is 0 Å². The van der Waals surface area contributed by atoms with Crippen LogP contribution in [0.4, 0.5) is 0 Å². The van der Waals surface area contributed by atoms with Crippen molar-refractivity contribution in [3.8, 4) is 17.2 Å². The molecule has 0 spiro atoms. The van der Waals surface area contributed by atoms with Crippen molar-refractivity contribution in [1.82, 2.24) is 4.57 Å². The van der Waals surface area contributed by atoms with Crippen LogP contribution in [0.5, 0.6) is 17.2 Å². The lowest BCUT2D eigenvalue weighted by Crippen LogP contribution is -2.40. The molecule has 2 heterocycles. The highest BCUT2D eigenvalue weighted by Crippen LogP contribution is 2.34. The Morgan fingerprint density at radius 1 is 1.03 bits per heavy atom. The van der Waals surface area contributed by atoms with Crippen LogP contribution in [0.25, 0.3) is 6.08 Å². The van der Waals surface area contributed by atoms with Gasteiger partial charge in [-0.3, -0.25) is 9.36 Å². The molecule has 4 rings (SSSR count). The van der Waals surface area contributed by atoms with Crippen LogP contribution >= 0.6 is 11.3 Å². The number of aromatic nitrogens is 1. The molecule has 2 aromatic carbocycles. The predicted molar refractivity (Wildman–Crippen MR) is 151 cm³/mol. The fourth-order valence-corrected chi connectivity index (χ4v) is 5.58. The molecule has 0 amide bonds. The molecule has 0 saturated carbocycles. The molecule has 1 aromatic heterocycles. The third-order valence-corrected chi connectivity index (χ3v) is 7.15. The van der Waals surface area contributed by atoms with Crippen molar-refractivity contribution >= 4 is 23.4 Å². The van der Waals surface area contributed by atoms with E-state index in [1.54, 1.807) is 18.6 Å². The van der Waals surface area contributed by atoms with Crippen LogP contribution in [0.15, 0.2) is 63.5 Å². The Hall–Kier alpha value is -3.85. The van der Waals surface area contributed by atoms with Crippen molar-refractivity contribution in [2.45, 2.75) is 46.6 Å². The van der Waals surface area contributed by atoms with Crippen molar-refractivity contribution in [3.63, 3.8) is 0 Å². The molecule has 8 nitrogen and oxygen atoms in total. The van der Waals surface area contributed by atoms with Crippen molar-refractivity contribution in [3.05, 3.63) is 84.5 Å². The smallest absolute Gasteiger partial charge is 0.338 e. The van der Waals surface area contributed by atoms with Crippen molar-refractivity contribution in [2.24, 2.45) is 4.99 Å². The minimum Gasteiger partial charge on any atom is -0.497 e. The second-order valence-corrected chi connectivity index (χ2v) is 9.77. The molecule has 1 atom stereocenters. The maximum absolute atomic E-state index is 13.9. The molecule has 0 fully saturated rings. The lowest BCUT2D eigenvalue weighted by atomic mass is 9.94. The maximum Gasteiger partial charge on any atom is 0.338 e. The summed E-state index contributed by atoms with van der Waals surface area (Å²) in [6, 6.07) is 12.3. The molecule has 3 aromatic rings. The Balaban J connectivity index is 1.94. The number of allylic oxidation sites excluding steroid dienone is 1. The van der Waals surface area contributed by atoms with Crippen LogP contribution in [0.2, 0.25) is 0 Å². The Bertz CT molecular complexity index is 1550. The van der Waals surface area contributed by atoms with Gasteiger partial charge in [0.25, 0.3) is 5.56 Å². The number of hydrogen-bond donors (Lipinski definition) is 0. The fourth-order valence-electron chi connectivity index (χ4n) is 4.56. The molecule has 0 aliphatic carbocycles. The first kappa shape index (κ1) is 28.2. The summed E-state index contributed by atoms with van der Waals surface area (Å²) in [5.41, 5.74) is 2.31. The zero-order valence-corrected chi connectivity index (χ0v) is 23.8. The van der Waals surface area contributed by atoms with Gasteiger partial charge in [0.1, 0.15) is 5.75 Å². The van der Waals surface area contributed by atoms with E-state index in [2.05, 4.69) is 0 Å². The molecule has 0 bridgehead atoms. The van der Waals surface area contributed by atoms with E-state index >= 15 is 0 Å². The maximum atomic E-state index is 13.9. The van der Waals surface area contributed by atoms with Gasteiger partial charge in [0.2, 0.25) is 0 Å². The number of rotatable bonds is 11. The quantitative estimate of drug-likeness (QED) is 0.329. The number of fused-ring (bicyclic) bond motifs is 1. The van der Waals surface area contributed by atoms with Crippen LogP contribution in [0.1, 0.15) is 57.7 Å². The molecule has 39 heavy (non-hydrogen) atoms. The molecule has 1 aliphatic rings. The molecular weight excluding hydrogens is 516 g/mol. The number of carbonyl (C=O) groups excluding carboxylic acids is 1. The molecule has 0 saturated heterocycles. The molecular formula is C30H34N2O6S. The van der Waals surface area contributed by atoms with Gasteiger partial charge in [-0.25, -0.2) is 9.79 Å². The van der Waals surface area contributed by atoms with Crippen LogP contribution in [0.3, 0.4) is 0 Å². The van der Waals surface area contributed by atoms with Gasteiger partial charge in [-0.2, -0.15) is 0 Å². The van der Waals surface area contributed by atoms with E-state index in [0.717, 1.165) is 17.5 Å². The van der Waals surface area contributed by atoms with Crippen LogP contribution < -0.4 is 29.1 Å². The molecule has 0 unspecified atom stereocenters. The average Bonchev–Trinajstić information content (AvgIpc) is 3.24. The van der Waals surface area contributed by atoms with E-state index in [4.69, 9.17) is 23.9 Å². The van der Waals surface area contributed by atoms with E-state index in [1.165, 1.54) is 11.3 Å². The van der Waals surface area contributed by atoms with Gasteiger partial charge >= 0.3 is 5.97 Å². The van der Waals surface area contributed by atoms with Gasteiger partial charge in [-0.15, -0.1) is 0 Å². The van der Waals surface area contributed by atoms with Gasteiger partial charge < -0.3 is 18.9 Å². The standard InChI is InChI=1S/C30H34N2O6S/c1-6-11-22-26(29(34)38-9-4)27(20-12-10-13-21(18-20)35-5)32-28(33)25(39-30(32)31-22)17-19-14-15-23(36-7-2)24(16-19)37-8-3/h10,12-18,27H,6-9,11H2,1-5H3/b25-17-/t27-/m1/s1. The molecule has 1 aliphatic heterocycles. The monoisotopic (exact) mass is 550 g/mol. The normalized spacial score (nSPS) is 15.0. The topological polar surface area (TPSA) is 88.4 Å². The van der Waals surface area contributed by atoms with Gasteiger partial charge in [-0.1, -0.05) is 42.9 Å². The predicted octanol–water partition coefficient (Wildman–Crippen LogP) is 4.38. The second-order valence-electron chi connectivity index (χ2n) is 8.76. The van der Waals surface area contributed by atoms with E-state index in [9.17, 15) is 9.59 Å². The van der Waals surface area contributed by atoms with Crippen LogP contribution in [-0.4, -0.2) is 37.5 Å². The second kappa shape index (κ2) is 12.8. The Morgan fingerprint density at radius 2 is 1.79 bits per heavy atom. The highest BCUT2D eigenvalue weighted by molar-refractivity contribution is 7.07. The van der Waals surface area contributed by atoms with Gasteiger partial charge in [-0.05, 0) is 68.7 Å². The summed E-state index contributed by atoms with van der Waals surface area (Å²) in [5, 5.41) is 0. The third-order valence-electron chi connectivity index (χ3n) is 6.17. The van der Waals surface area contributed by atoms with Crippen molar-refractivity contribution in [1.29, 1.82) is 0 Å². The fraction of sp³-hybridized carbons (Fsp3) is 0.367. The summed E-state index contributed by atoms with van der Waals surface area (Å²) in [6.07, 6.45) is 3.18. The number of benzene rings is 2. The minimum atomic E-state index is -0.696. The van der Waals surface area contributed by atoms with Crippen molar-refractivity contribution in [2.75, 3.05) is 26.9 Å². The van der Waals surface area contributed by atoms with Gasteiger partial charge in [0.15, 0.2) is 16.3 Å².